The predicted molar refractivity (Wildman–Crippen MR) is 53.9 cm³/mol. The van der Waals surface area contributed by atoms with Crippen molar-refractivity contribution in [1.29, 1.82) is 0 Å². The molecule has 0 heterocycles. The summed E-state index contributed by atoms with van der Waals surface area (Å²) in [6.07, 6.45) is 3.83. The molecule has 0 aromatic heterocycles. The molecule has 0 aromatic rings. The fraction of sp³-hybridized carbons (Fsp3) is 1.00. The number of unbranched alkanes of at least 4 members (excludes halogenated alkanes) is 2. The van der Waals surface area contributed by atoms with E-state index in [4.69, 9.17) is 5.11 Å². The summed E-state index contributed by atoms with van der Waals surface area (Å²) in [5, 5.41) is 7.75. The predicted octanol–water partition coefficient (Wildman–Crippen LogP) is -1.74. The molecule has 15 heavy (non-hydrogen) atoms. The van der Waals surface area contributed by atoms with E-state index in [2.05, 4.69) is 0 Å². The van der Waals surface area contributed by atoms with E-state index in [9.17, 15) is 13.0 Å². The summed E-state index contributed by atoms with van der Waals surface area (Å²) in [7, 11) is -4.18. The molecule has 1 N–H and O–H groups in total. The quantitative estimate of drug-likeness (QED) is 0.320. The maximum atomic E-state index is 10.8. The van der Waals surface area contributed by atoms with Gasteiger partial charge in [-0.2, -0.15) is 0 Å². The van der Waals surface area contributed by atoms with Gasteiger partial charge in [0.15, 0.2) is 0 Å². The summed E-state index contributed by atoms with van der Waals surface area (Å²) in [6.45, 7) is 1.97. The third-order valence-corrected chi connectivity index (χ3v) is 3.51. The fourth-order valence-electron chi connectivity index (χ4n) is 1.37. The van der Waals surface area contributed by atoms with Crippen LogP contribution < -0.4 is 51.4 Å². The molecule has 0 saturated carbocycles. The SMILES string of the molecule is CCCCCC(CCCO)S(=O)(=O)[O-].[K+]. The Bertz CT molecular complexity index is 228. The summed E-state index contributed by atoms with van der Waals surface area (Å²) in [4.78, 5) is 0. The second-order valence-electron chi connectivity index (χ2n) is 3.48. The van der Waals surface area contributed by atoms with Crippen LogP contribution in [0.3, 0.4) is 0 Å². The summed E-state index contributed by atoms with van der Waals surface area (Å²) >= 11 is 0. The Kier molecular flexibility index (Phi) is 13.4. The van der Waals surface area contributed by atoms with Crippen molar-refractivity contribution in [3.63, 3.8) is 0 Å². The largest absolute Gasteiger partial charge is 1.00 e. The first kappa shape index (κ1) is 18.9. The maximum absolute atomic E-state index is 10.8. The number of hydrogen-bond acceptors (Lipinski definition) is 4. The van der Waals surface area contributed by atoms with Crippen LogP contribution in [0.2, 0.25) is 0 Å². The average molecular weight is 262 g/mol. The van der Waals surface area contributed by atoms with Crippen LogP contribution >= 0.6 is 0 Å². The van der Waals surface area contributed by atoms with Gasteiger partial charge in [0.1, 0.15) is 0 Å². The molecular weight excluding hydrogens is 243 g/mol. The van der Waals surface area contributed by atoms with Crippen molar-refractivity contribution in [2.24, 2.45) is 0 Å². The van der Waals surface area contributed by atoms with Gasteiger partial charge in [-0.15, -0.1) is 0 Å². The van der Waals surface area contributed by atoms with Gasteiger partial charge in [0.25, 0.3) is 0 Å². The maximum Gasteiger partial charge on any atom is 1.00 e. The molecule has 0 fully saturated rings. The molecule has 1 atom stereocenters. The van der Waals surface area contributed by atoms with Crippen molar-refractivity contribution in [2.45, 2.75) is 50.7 Å². The average Bonchev–Trinajstić information content (AvgIpc) is 2.09. The second kappa shape index (κ2) is 10.6. The van der Waals surface area contributed by atoms with Crippen LogP contribution in [0.15, 0.2) is 0 Å². The molecule has 0 saturated heterocycles. The fourth-order valence-corrected chi connectivity index (χ4v) is 2.28. The standard InChI is InChI=1S/C9H20O4S.K/c1-2-3-4-6-9(7-5-8-10)14(11,12)13;/h9-10H,2-8H2,1H3,(H,11,12,13);/q;+1/p-1. The molecule has 86 valence electrons. The molecule has 6 heteroatoms. The molecule has 0 radical (unpaired) electrons. The van der Waals surface area contributed by atoms with E-state index in [1.807, 2.05) is 6.92 Å². The van der Waals surface area contributed by atoms with E-state index >= 15 is 0 Å². The number of aliphatic hydroxyl groups is 1. The molecule has 0 rings (SSSR count). The van der Waals surface area contributed by atoms with Gasteiger partial charge in [0, 0.05) is 11.9 Å². The van der Waals surface area contributed by atoms with E-state index < -0.39 is 15.4 Å². The van der Waals surface area contributed by atoms with Crippen molar-refractivity contribution in [2.75, 3.05) is 6.61 Å². The van der Waals surface area contributed by atoms with Crippen molar-refractivity contribution >= 4 is 10.1 Å². The van der Waals surface area contributed by atoms with E-state index in [0.717, 1.165) is 19.3 Å². The van der Waals surface area contributed by atoms with Crippen LogP contribution in [0.25, 0.3) is 0 Å². The minimum atomic E-state index is -4.18. The van der Waals surface area contributed by atoms with E-state index in [1.54, 1.807) is 0 Å². The number of rotatable bonds is 8. The molecule has 0 aromatic carbocycles. The Hall–Kier alpha value is 1.51. The smallest absolute Gasteiger partial charge is 0.748 e. The van der Waals surface area contributed by atoms with Crippen LogP contribution in [-0.2, 0) is 10.1 Å². The van der Waals surface area contributed by atoms with E-state index in [0.29, 0.717) is 12.8 Å². The van der Waals surface area contributed by atoms with Crippen LogP contribution in [0.5, 0.6) is 0 Å². The molecule has 0 aliphatic rings. The molecule has 0 amide bonds. The summed E-state index contributed by atoms with van der Waals surface area (Å²) in [5.74, 6) is 0. The molecule has 4 nitrogen and oxygen atoms in total. The summed E-state index contributed by atoms with van der Waals surface area (Å²) in [6, 6.07) is 0. The Labute approximate surface area is 135 Å². The Morgan fingerprint density at radius 3 is 2.13 bits per heavy atom. The molecule has 0 aliphatic carbocycles. The van der Waals surface area contributed by atoms with Crippen molar-refractivity contribution < 1.29 is 69.5 Å². The Morgan fingerprint density at radius 1 is 1.20 bits per heavy atom. The summed E-state index contributed by atoms with van der Waals surface area (Å²) in [5.41, 5.74) is 0. The van der Waals surface area contributed by atoms with Gasteiger partial charge in [-0.25, -0.2) is 8.42 Å². The van der Waals surface area contributed by atoms with Crippen molar-refractivity contribution in [3.05, 3.63) is 0 Å². The molecule has 0 spiro atoms. The van der Waals surface area contributed by atoms with Gasteiger partial charge >= 0.3 is 51.4 Å². The monoisotopic (exact) mass is 262 g/mol. The van der Waals surface area contributed by atoms with Crippen molar-refractivity contribution in [1.82, 2.24) is 0 Å². The zero-order valence-electron chi connectivity index (χ0n) is 9.61. The number of aliphatic hydroxyl groups excluding tert-OH is 1. The van der Waals surface area contributed by atoms with Crippen molar-refractivity contribution in [3.8, 4) is 0 Å². The topological polar surface area (TPSA) is 77.4 Å². The normalized spacial score (nSPS) is 13.3. The van der Waals surface area contributed by atoms with Crippen LogP contribution in [-0.4, -0.2) is 29.9 Å². The van der Waals surface area contributed by atoms with Gasteiger partial charge < -0.3 is 9.66 Å². The van der Waals surface area contributed by atoms with Gasteiger partial charge in [-0.1, -0.05) is 26.2 Å². The second-order valence-corrected chi connectivity index (χ2v) is 5.13. The molecule has 0 bridgehead atoms. The van der Waals surface area contributed by atoms with Gasteiger partial charge in [0.05, 0.1) is 10.1 Å². The number of hydrogen-bond donors (Lipinski definition) is 1. The first-order valence-electron chi connectivity index (χ1n) is 5.08. The first-order chi connectivity index (χ1) is 6.52. The zero-order valence-corrected chi connectivity index (χ0v) is 13.5. The molecular formula is C9H19KO4S. The van der Waals surface area contributed by atoms with Gasteiger partial charge in [0.2, 0.25) is 0 Å². The zero-order chi connectivity index (χ0) is 11.0. The first-order valence-corrected chi connectivity index (χ1v) is 6.55. The van der Waals surface area contributed by atoms with E-state index in [1.165, 1.54) is 0 Å². The minimum Gasteiger partial charge on any atom is -0.748 e. The van der Waals surface area contributed by atoms with Crippen LogP contribution in [0, 0.1) is 0 Å². The molecule has 1 unspecified atom stereocenters. The van der Waals surface area contributed by atoms with Gasteiger partial charge in [-0.3, -0.25) is 0 Å². The van der Waals surface area contributed by atoms with Gasteiger partial charge in [-0.05, 0) is 19.3 Å². The third-order valence-electron chi connectivity index (χ3n) is 2.22. The Balaban J connectivity index is 0. The van der Waals surface area contributed by atoms with E-state index in [-0.39, 0.29) is 64.4 Å². The Morgan fingerprint density at radius 2 is 1.73 bits per heavy atom. The summed E-state index contributed by atoms with van der Waals surface area (Å²) < 4.78 is 32.4. The minimum absolute atomic E-state index is 0. The molecule has 0 aliphatic heterocycles. The third kappa shape index (κ3) is 10.4. The van der Waals surface area contributed by atoms with Crippen LogP contribution in [0.1, 0.15) is 45.4 Å². The van der Waals surface area contributed by atoms with Crippen LogP contribution in [0.4, 0.5) is 0 Å².